The summed E-state index contributed by atoms with van der Waals surface area (Å²) < 4.78 is 7.22. The van der Waals surface area contributed by atoms with E-state index in [1.165, 1.54) is 0 Å². The zero-order valence-electron chi connectivity index (χ0n) is 18.2. The zero-order valence-corrected chi connectivity index (χ0v) is 19.0. The second-order valence-corrected chi connectivity index (χ2v) is 9.87. The van der Waals surface area contributed by atoms with Crippen LogP contribution in [0.25, 0.3) is 0 Å². The highest BCUT2D eigenvalue weighted by atomic mass is 32.1. The summed E-state index contributed by atoms with van der Waals surface area (Å²) in [5.74, 6) is -0.0124. The van der Waals surface area contributed by atoms with E-state index in [0.29, 0.717) is 18.8 Å². The Balaban J connectivity index is 1.57. The lowest BCUT2D eigenvalue weighted by Gasteiger charge is -2.35. The van der Waals surface area contributed by atoms with Gasteiger partial charge in [-0.2, -0.15) is 5.10 Å². The molecule has 1 saturated heterocycles. The van der Waals surface area contributed by atoms with Crippen LogP contribution in [0.4, 0.5) is 10.5 Å². The first-order valence-electron chi connectivity index (χ1n) is 10.2. The third-order valence-corrected chi connectivity index (χ3v) is 5.87. The fraction of sp³-hybridized carbons (Fsp3) is 0.571. The van der Waals surface area contributed by atoms with Crippen molar-refractivity contribution in [1.29, 1.82) is 0 Å². The van der Waals surface area contributed by atoms with Gasteiger partial charge in [-0.05, 0) is 30.7 Å². The van der Waals surface area contributed by atoms with Crippen LogP contribution < -0.4 is 10.6 Å². The van der Waals surface area contributed by atoms with Crippen LogP contribution in [0.1, 0.15) is 45.5 Å². The van der Waals surface area contributed by atoms with Gasteiger partial charge in [-0.3, -0.25) is 9.48 Å². The van der Waals surface area contributed by atoms with E-state index in [0.717, 1.165) is 4.88 Å². The van der Waals surface area contributed by atoms with Crippen molar-refractivity contribution in [3.05, 3.63) is 34.8 Å². The highest BCUT2D eigenvalue weighted by Gasteiger charge is 2.29. The average Bonchev–Trinajstić information content (AvgIpc) is 3.30. The molecule has 0 unspecified atom stereocenters. The standard InChI is InChI=1S/C21H31N5O3S/c1-14-10-25(11-15(2)29-14)18(27)13-26-12-16(9-22-26)23-20(28)24-19(21(3,4)5)17-7-6-8-30-17/h6-9,12,14-15,19H,10-11,13H2,1-5H3,(H2,23,24,28)/t14-,15-,19-/m1/s1. The van der Waals surface area contributed by atoms with Gasteiger partial charge < -0.3 is 20.3 Å². The molecule has 3 atom stereocenters. The number of aromatic nitrogens is 2. The molecule has 3 amide bonds. The number of hydrogen-bond donors (Lipinski definition) is 2. The van der Waals surface area contributed by atoms with Gasteiger partial charge in [-0.25, -0.2) is 4.79 Å². The van der Waals surface area contributed by atoms with E-state index in [1.54, 1.807) is 33.3 Å². The molecule has 0 saturated carbocycles. The van der Waals surface area contributed by atoms with Crippen molar-refractivity contribution in [3.8, 4) is 0 Å². The number of anilines is 1. The third-order valence-electron chi connectivity index (χ3n) is 4.93. The van der Waals surface area contributed by atoms with Crippen molar-refractivity contribution in [3.63, 3.8) is 0 Å². The molecule has 9 heteroatoms. The van der Waals surface area contributed by atoms with Gasteiger partial charge in [0.1, 0.15) is 6.54 Å². The van der Waals surface area contributed by atoms with Gasteiger partial charge >= 0.3 is 6.03 Å². The molecule has 164 valence electrons. The van der Waals surface area contributed by atoms with Gasteiger partial charge in [0.25, 0.3) is 0 Å². The number of thiophene rings is 1. The zero-order chi connectivity index (χ0) is 21.9. The quantitative estimate of drug-likeness (QED) is 0.755. The number of ether oxygens (including phenoxy) is 1. The van der Waals surface area contributed by atoms with Crippen molar-refractivity contribution in [2.24, 2.45) is 5.41 Å². The maximum Gasteiger partial charge on any atom is 0.319 e. The molecule has 1 aliphatic heterocycles. The van der Waals surface area contributed by atoms with Crippen LogP contribution in [-0.2, 0) is 16.1 Å². The Morgan fingerprint density at radius 2 is 2.00 bits per heavy atom. The van der Waals surface area contributed by atoms with Crippen LogP contribution in [0, 0.1) is 5.41 Å². The summed E-state index contributed by atoms with van der Waals surface area (Å²) in [6.07, 6.45) is 3.27. The second kappa shape index (κ2) is 9.18. The van der Waals surface area contributed by atoms with E-state index in [1.807, 2.05) is 31.4 Å². The molecule has 8 nitrogen and oxygen atoms in total. The van der Waals surface area contributed by atoms with E-state index in [4.69, 9.17) is 4.74 Å². The average molecular weight is 434 g/mol. The lowest BCUT2D eigenvalue weighted by Crippen LogP contribution is -2.49. The minimum Gasteiger partial charge on any atom is -0.372 e. The molecule has 3 rings (SSSR count). The Bertz CT molecular complexity index is 848. The summed E-state index contributed by atoms with van der Waals surface area (Å²) in [7, 11) is 0. The molecule has 1 fully saturated rings. The fourth-order valence-corrected chi connectivity index (χ4v) is 4.62. The van der Waals surface area contributed by atoms with Crippen LogP contribution in [0.3, 0.4) is 0 Å². The maximum absolute atomic E-state index is 12.6. The summed E-state index contributed by atoms with van der Waals surface area (Å²) in [6, 6.07) is 3.59. The first-order valence-corrected chi connectivity index (χ1v) is 11.1. The number of rotatable bonds is 5. The number of urea groups is 1. The third kappa shape index (κ3) is 5.82. The molecule has 2 N–H and O–H groups in total. The first kappa shape index (κ1) is 22.3. The summed E-state index contributed by atoms with van der Waals surface area (Å²) in [5, 5.41) is 12.1. The Hall–Kier alpha value is -2.39. The predicted molar refractivity (Wildman–Crippen MR) is 117 cm³/mol. The number of nitrogens with one attached hydrogen (secondary N) is 2. The smallest absolute Gasteiger partial charge is 0.319 e. The van der Waals surface area contributed by atoms with Crippen molar-refractivity contribution in [2.75, 3.05) is 18.4 Å². The largest absolute Gasteiger partial charge is 0.372 e. The fourth-order valence-electron chi connectivity index (χ4n) is 3.60. The second-order valence-electron chi connectivity index (χ2n) is 8.90. The molecular formula is C21H31N5O3S. The number of carbonyl (C=O) groups is 2. The van der Waals surface area contributed by atoms with Crippen molar-refractivity contribution in [2.45, 2.75) is 59.4 Å². The van der Waals surface area contributed by atoms with Crippen molar-refractivity contribution >= 4 is 29.0 Å². The lowest BCUT2D eigenvalue weighted by atomic mass is 9.86. The van der Waals surface area contributed by atoms with Gasteiger partial charge in [0.2, 0.25) is 5.91 Å². The molecule has 2 aromatic heterocycles. The van der Waals surface area contributed by atoms with Crippen molar-refractivity contribution < 1.29 is 14.3 Å². The van der Waals surface area contributed by atoms with Crippen LogP contribution in [0.5, 0.6) is 0 Å². The number of nitrogens with zero attached hydrogens (tertiary/aromatic N) is 3. The molecule has 2 aromatic rings. The van der Waals surface area contributed by atoms with Gasteiger partial charge in [0, 0.05) is 24.2 Å². The minimum atomic E-state index is -0.301. The molecule has 0 radical (unpaired) electrons. The normalized spacial score (nSPS) is 20.6. The molecule has 0 aliphatic carbocycles. The topological polar surface area (TPSA) is 88.5 Å². The SMILES string of the molecule is C[C@@H]1CN(C(=O)Cn2cc(NC(=O)N[C@H](c3cccs3)C(C)(C)C)cn2)C[C@@H](C)O1. The Morgan fingerprint density at radius 3 is 2.60 bits per heavy atom. The molecular weight excluding hydrogens is 402 g/mol. The van der Waals surface area contributed by atoms with Crippen molar-refractivity contribution in [1.82, 2.24) is 20.0 Å². The first-order chi connectivity index (χ1) is 14.1. The van der Waals surface area contributed by atoms with Crippen LogP contribution in [-0.4, -0.2) is 51.9 Å². The van der Waals surface area contributed by atoms with E-state index in [2.05, 4.69) is 36.5 Å². The van der Waals surface area contributed by atoms with Crippen LogP contribution in [0.15, 0.2) is 29.9 Å². The van der Waals surface area contributed by atoms with E-state index < -0.39 is 0 Å². The molecule has 30 heavy (non-hydrogen) atoms. The number of amides is 3. The summed E-state index contributed by atoms with van der Waals surface area (Å²) in [5.41, 5.74) is 0.411. The molecule has 0 spiro atoms. The van der Waals surface area contributed by atoms with E-state index in [-0.39, 0.29) is 42.1 Å². The Morgan fingerprint density at radius 1 is 1.30 bits per heavy atom. The summed E-state index contributed by atoms with van der Waals surface area (Å²) in [6.45, 7) is 11.5. The van der Waals surface area contributed by atoms with Crippen LogP contribution in [0.2, 0.25) is 0 Å². The van der Waals surface area contributed by atoms with Gasteiger partial charge in [0.05, 0.1) is 30.1 Å². The Labute approximate surface area is 181 Å². The molecule has 1 aliphatic rings. The number of carbonyl (C=O) groups excluding carboxylic acids is 2. The summed E-state index contributed by atoms with van der Waals surface area (Å²) >= 11 is 1.62. The number of hydrogen-bond acceptors (Lipinski definition) is 5. The number of morpholine rings is 1. The van der Waals surface area contributed by atoms with E-state index in [9.17, 15) is 9.59 Å². The minimum absolute atomic E-state index is 0.0124. The molecule has 0 bridgehead atoms. The van der Waals surface area contributed by atoms with E-state index >= 15 is 0 Å². The highest BCUT2D eigenvalue weighted by molar-refractivity contribution is 7.10. The Kier molecular flexibility index (Phi) is 6.82. The molecule has 3 heterocycles. The van der Waals surface area contributed by atoms with Gasteiger partial charge in [-0.15, -0.1) is 11.3 Å². The predicted octanol–water partition coefficient (Wildman–Crippen LogP) is 3.49. The maximum atomic E-state index is 12.6. The van der Waals surface area contributed by atoms with Gasteiger partial charge in [-0.1, -0.05) is 26.8 Å². The summed E-state index contributed by atoms with van der Waals surface area (Å²) in [4.78, 5) is 28.1. The highest BCUT2D eigenvalue weighted by Crippen LogP contribution is 2.35. The monoisotopic (exact) mass is 433 g/mol. The molecule has 0 aromatic carbocycles. The van der Waals surface area contributed by atoms with Crippen LogP contribution >= 0.6 is 11.3 Å². The van der Waals surface area contributed by atoms with Gasteiger partial charge in [0.15, 0.2) is 0 Å². The lowest BCUT2D eigenvalue weighted by molar-refractivity contribution is -0.144.